The van der Waals surface area contributed by atoms with Gasteiger partial charge in [0.15, 0.2) is 0 Å². The minimum atomic E-state index is -0.499. The van der Waals surface area contributed by atoms with Crippen LogP contribution in [0.4, 0.5) is 5.00 Å². The highest BCUT2D eigenvalue weighted by atomic mass is 35.5. The predicted octanol–water partition coefficient (Wildman–Crippen LogP) is 8.81. The summed E-state index contributed by atoms with van der Waals surface area (Å²) in [6, 6.07) is 24.2. The average Bonchev–Trinajstić information content (AvgIpc) is 3.31. The molecule has 8 heteroatoms. The Morgan fingerprint density at radius 2 is 1.73 bits per heavy atom. The second-order valence-corrected chi connectivity index (χ2v) is 11.0. The summed E-state index contributed by atoms with van der Waals surface area (Å²) in [5.74, 6) is -0.105. The first-order chi connectivity index (χ1) is 19.9. The van der Waals surface area contributed by atoms with Crippen molar-refractivity contribution in [2.75, 3.05) is 18.5 Å². The first-order valence-electron chi connectivity index (χ1n) is 13.4. The van der Waals surface area contributed by atoms with Gasteiger partial charge in [-0.05, 0) is 62.2 Å². The van der Waals surface area contributed by atoms with E-state index in [0.29, 0.717) is 49.9 Å². The summed E-state index contributed by atoms with van der Waals surface area (Å²) >= 11 is 7.45. The third-order valence-electron chi connectivity index (χ3n) is 6.49. The molecule has 208 valence electrons. The molecule has 0 fully saturated rings. The van der Waals surface area contributed by atoms with E-state index in [-0.39, 0.29) is 12.5 Å². The lowest BCUT2D eigenvalue weighted by atomic mass is 10.0. The van der Waals surface area contributed by atoms with Crippen molar-refractivity contribution in [1.29, 1.82) is 0 Å². The van der Waals surface area contributed by atoms with Crippen LogP contribution in [0.2, 0.25) is 5.02 Å². The van der Waals surface area contributed by atoms with E-state index in [9.17, 15) is 9.59 Å². The van der Waals surface area contributed by atoms with Crippen molar-refractivity contribution in [2.24, 2.45) is 0 Å². The number of nitrogens with one attached hydrogen (secondary N) is 1. The van der Waals surface area contributed by atoms with Crippen molar-refractivity contribution in [1.82, 2.24) is 4.98 Å². The van der Waals surface area contributed by atoms with Gasteiger partial charge in [-0.3, -0.25) is 4.79 Å². The molecule has 0 bridgehead atoms. The fourth-order valence-electron chi connectivity index (χ4n) is 4.64. The normalized spacial score (nSPS) is 10.9. The van der Waals surface area contributed by atoms with Crippen molar-refractivity contribution >= 4 is 50.7 Å². The number of amides is 1. The molecule has 0 aliphatic rings. The van der Waals surface area contributed by atoms with Crippen molar-refractivity contribution in [3.63, 3.8) is 0 Å². The number of halogens is 1. The Bertz CT molecular complexity index is 1730. The second-order valence-electron chi connectivity index (χ2n) is 9.37. The van der Waals surface area contributed by atoms with Gasteiger partial charge in [-0.2, -0.15) is 0 Å². The number of carbonyl (C=O) groups is 2. The highest BCUT2D eigenvalue weighted by molar-refractivity contribution is 7.17. The zero-order chi connectivity index (χ0) is 28.9. The molecule has 41 heavy (non-hydrogen) atoms. The third-order valence-corrected chi connectivity index (χ3v) is 7.76. The van der Waals surface area contributed by atoms with Crippen LogP contribution in [-0.2, 0) is 4.74 Å². The number of anilines is 1. The zero-order valence-corrected chi connectivity index (χ0v) is 24.6. The van der Waals surface area contributed by atoms with Crippen molar-refractivity contribution in [3.8, 4) is 28.1 Å². The van der Waals surface area contributed by atoms with Gasteiger partial charge in [0.2, 0.25) is 0 Å². The highest BCUT2D eigenvalue weighted by Gasteiger charge is 2.26. The van der Waals surface area contributed by atoms with Crippen LogP contribution < -0.4 is 10.1 Å². The topological polar surface area (TPSA) is 77.5 Å². The molecule has 0 aliphatic heterocycles. The number of ether oxygens (including phenoxy) is 2. The van der Waals surface area contributed by atoms with Crippen LogP contribution >= 0.6 is 22.9 Å². The number of aromatic nitrogens is 1. The monoisotopic (exact) mass is 584 g/mol. The molecule has 0 aliphatic carbocycles. The number of benzene rings is 3. The van der Waals surface area contributed by atoms with E-state index in [1.54, 1.807) is 25.1 Å². The molecule has 1 amide bonds. The Balaban J connectivity index is 1.58. The van der Waals surface area contributed by atoms with Crippen LogP contribution in [0.25, 0.3) is 33.3 Å². The van der Waals surface area contributed by atoms with Gasteiger partial charge in [0.25, 0.3) is 5.91 Å². The Kier molecular flexibility index (Phi) is 8.67. The van der Waals surface area contributed by atoms with Gasteiger partial charge < -0.3 is 14.8 Å². The van der Waals surface area contributed by atoms with Crippen LogP contribution in [0.3, 0.4) is 0 Å². The number of thiophene rings is 1. The lowest BCUT2D eigenvalue weighted by Crippen LogP contribution is -2.15. The molecule has 0 spiro atoms. The minimum Gasteiger partial charge on any atom is -0.494 e. The molecule has 3 aromatic carbocycles. The first kappa shape index (κ1) is 28.3. The van der Waals surface area contributed by atoms with Crippen molar-refractivity contribution in [2.45, 2.75) is 27.2 Å². The van der Waals surface area contributed by atoms with Gasteiger partial charge >= 0.3 is 5.97 Å². The Hall–Kier alpha value is -4.20. The van der Waals surface area contributed by atoms with Crippen LogP contribution in [0.15, 0.2) is 78.9 Å². The van der Waals surface area contributed by atoms with E-state index in [1.165, 1.54) is 11.3 Å². The number of aryl methyl sites for hydroxylation is 1. The summed E-state index contributed by atoms with van der Waals surface area (Å²) in [7, 11) is 0. The first-order valence-corrected chi connectivity index (χ1v) is 14.6. The molecule has 1 N–H and O–H groups in total. The molecule has 5 rings (SSSR count). The number of pyridine rings is 1. The number of rotatable bonds is 9. The maximum atomic E-state index is 13.9. The summed E-state index contributed by atoms with van der Waals surface area (Å²) < 4.78 is 11.2. The molecule has 0 unspecified atom stereocenters. The number of fused-ring (bicyclic) bond motifs is 1. The number of carbonyl (C=O) groups excluding carboxylic acids is 2. The van der Waals surface area contributed by atoms with Crippen molar-refractivity contribution in [3.05, 3.63) is 99.9 Å². The number of para-hydroxylation sites is 1. The second kappa shape index (κ2) is 12.5. The Labute approximate surface area is 247 Å². The predicted molar refractivity (Wildman–Crippen MR) is 166 cm³/mol. The Morgan fingerprint density at radius 1 is 0.951 bits per heavy atom. The van der Waals surface area contributed by atoms with Crippen molar-refractivity contribution < 1.29 is 19.1 Å². The SMILES string of the molecule is CCCOc1cccc(-c2cc(C(=O)Nc3sc(C)c(-c4ccc(Cl)cc4)c3C(=O)OCC)c3ccccc3n2)c1. The summed E-state index contributed by atoms with van der Waals surface area (Å²) in [6.45, 7) is 6.55. The largest absolute Gasteiger partial charge is 0.494 e. The number of hydrogen-bond donors (Lipinski definition) is 1. The van der Waals surface area contributed by atoms with E-state index >= 15 is 0 Å². The molecule has 2 aromatic heterocycles. The average molecular weight is 585 g/mol. The summed E-state index contributed by atoms with van der Waals surface area (Å²) in [6.07, 6.45) is 0.901. The molecule has 0 radical (unpaired) electrons. The molecule has 0 atom stereocenters. The van der Waals surface area contributed by atoms with E-state index in [0.717, 1.165) is 28.2 Å². The number of hydrogen-bond acceptors (Lipinski definition) is 6. The summed E-state index contributed by atoms with van der Waals surface area (Å²) in [5, 5.41) is 4.74. The molecule has 5 aromatic rings. The van der Waals surface area contributed by atoms with E-state index in [1.807, 2.05) is 67.6 Å². The summed E-state index contributed by atoms with van der Waals surface area (Å²) in [5.41, 5.74) is 4.46. The maximum Gasteiger partial charge on any atom is 0.341 e. The van der Waals surface area contributed by atoms with Crippen LogP contribution in [0.5, 0.6) is 5.75 Å². The quantitative estimate of drug-likeness (QED) is 0.175. The number of nitrogens with zero attached hydrogens (tertiary/aromatic N) is 1. The molecular formula is C33H29ClN2O4S. The van der Waals surface area contributed by atoms with E-state index < -0.39 is 5.97 Å². The van der Waals surface area contributed by atoms with Crippen LogP contribution in [0.1, 0.15) is 45.9 Å². The molecule has 2 heterocycles. The molecular weight excluding hydrogens is 556 g/mol. The Morgan fingerprint density at radius 3 is 2.49 bits per heavy atom. The lowest BCUT2D eigenvalue weighted by molar-refractivity contribution is 0.0529. The lowest BCUT2D eigenvalue weighted by Gasteiger charge is -2.12. The zero-order valence-electron chi connectivity index (χ0n) is 23.0. The van der Waals surface area contributed by atoms with Crippen LogP contribution in [-0.4, -0.2) is 30.1 Å². The molecule has 0 saturated heterocycles. The molecule has 0 saturated carbocycles. The van der Waals surface area contributed by atoms with E-state index in [2.05, 4.69) is 12.2 Å². The van der Waals surface area contributed by atoms with Gasteiger partial charge in [-0.1, -0.05) is 61.0 Å². The van der Waals surface area contributed by atoms with Gasteiger partial charge in [-0.15, -0.1) is 11.3 Å². The smallest absolute Gasteiger partial charge is 0.341 e. The summed E-state index contributed by atoms with van der Waals surface area (Å²) in [4.78, 5) is 32.8. The van der Waals surface area contributed by atoms with Gasteiger partial charge in [-0.25, -0.2) is 9.78 Å². The van der Waals surface area contributed by atoms with Gasteiger partial charge in [0.1, 0.15) is 16.3 Å². The fourth-order valence-corrected chi connectivity index (χ4v) is 5.83. The van der Waals surface area contributed by atoms with E-state index in [4.69, 9.17) is 26.1 Å². The minimum absolute atomic E-state index is 0.209. The highest BCUT2D eigenvalue weighted by Crippen LogP contribution is 2.41. The third kappa shape index (κ3) is 6.11. The standard InChI is InChI=1S/C33H29ClN2O4S/c1-4-17-40-24-10-8-9-22(18-24)28-19-26(25-11-6-7-12-27(25)35-28)31(37)36-32-30(33(38)39-5-2)29(20(3)41-32)21-13-15-23(34)16-14-21/h6-16,18-19H,4-5,17H2,1-3H3,(H,36,37). The van der Waals surface area contributed by atoms with Gasteiger partial charge in [0.05, 0.1) is 30.0 Å². The van der Waals surface area contributed by atoms with Crippen LogP contribution in [0, 0.1) is 6.92 Å². The molecule has 6 nitrogen and oxygen atoms in total. The number of esters is 1. The fraction of sp³-hybridized carbons (Fsp3) is 0.182. The van der Waals surface area contributed by atoms with Gasteiger partial charge in [0, 0.05) is 26.4 Å². The maximum absolute atomic E-state index is 13.9.